The summed E-state index contributed by atoms with van der Waals surface area (Å²) < 4.78 is 44.9. The maximum atomic E-state index is 12.9. The molecule has 7 nitrogen and oxygen atoms in total. The minimum absolute atomic E-state index is 0.205. The fourth-order valence-corrected chi connectivity index (χ4v) is 4.30. The molecule has 2 aromatic heterocycles. The summed E-state index contributed by atoms with van der Waals surface area (Å²) in [6.07, 6.45) is -1.68. The highest BCUT2D eigenvalue weighted by Gasteiger charge is 2.34. The zero-order chi connectivity index (χ0) is 26.8. The zero-order valence-electron chi connectivity index (χ0n) is 20.6. The van der Waals surface area contributed by atoms with Crippen molar-refractivity contribution < 1.29 is 27.5 Å². The molecule has 4 aromatic rings. The van der Waals surface area contributed by atoms with Crippen molar-refractivity contribution in [2.45, 2.75) is 51.7 Å². The van der Waals surface area contributed by atoms with E-state index in [2.05, 4.69) is 20.5 Å². The van der Waals surface area contributed by atoms with Crippen LogP contribution in [0.1, 0.15) is 50.1 Å². The monoisotopic (exact) mass is 512 g/mol. The van der Waals surface area contributed by atoms with Gasteiger partial charge in [-0.1, -0.05) is 39.0 Å². The third-order valence-electron chi connectivity index (χ3n) is 6.28. The Morgan fingerprint density at radius 1 is 1.03 bits per heavy atom. The maximum absolute atomic E-state index is 12.9. The van der Waals surface area contributed by atoms with Crippen LogP contribution in [0.4, 0.5) is 18.0 Å². The predicted octanol–water partition coefficient (Wildman–Crippen LogP) is 6.70. The molecule has 0 fully saturated rings. The lowest BCUT2D eigenvalue weighted by Gasteiger charge is -2.31. The lowest BCUT2D eigenvalue weighted by atomic mass is 9.76. The first-order chi connectivity index (χ1) is 17.4. The lowest BCUT2D eigenvalue weighted by molar-refractivity contribution is -0.137. The van der Waals surface area contributed by atoms with Crippen LogP contribution >= 0.6 is 0 Å². The van der Waals surface area contributed by atoms with Gasteiger partial charge in [-0.25, -0.2) is 4.79 Å². The molecule has 0 aliphatic carbocycles. The van der Waals surface area contributed by atoms with Gasteiger partial charge in [-0.2, -0.15) is 13.2 Å². The number of fused-ring (bicyclic) bond motifs is 1. The molecule has 1 amide bonds. The number of rotatable bonds is 7. The van der Waals surface area contributed by atoms with Crippen LogP contribution in [-0.2, 0) is 12.6 Å². The smallest absolute Gasteiger partial charge is 0.416 e. The Bertz CT molecular complexity index is 1380. The first kappa shape index (κ1) is 26.1. The van der Waals surface area contributed by atoms with E-state index in [0.717, 1.165) is 28.5 Å². The lowest BCUT2D eigenvalue weighted by Crippen LogP contribution is -2.38. The number of nitrogens with zero attached hydrogens (tertiary/aromatic N) is 3. The van der Waals surface area contributed by atoms with Crippen molar-refractivity contribution >= 4 is 16.9 Å². The highest BCUT2D eigenvalue weighted by molar-refractivity contribution is 5.85. The van der Waals surface area contributed by atoms with E-state index in [0.29, 0.717) is 23.8 Å². The molecule has 0 radical (unpaired) electrons. The number of pyridine rings is 1. The van der Waals surface area contributed by atoms with Crippen LogP contribution in [0.5, 0.6) is 0 Å². The van der Waals surface area contributed by atoms with Crippen molar-refractivity contribution in [3.05, 3.63) is 77.9 Å². The summed E-state index contributed by atoms with van der Waals surface area (Å²) in [5.74, 6) is 0.375. The van der Waals surface area contributed by atoms with Crippen molar-refractivity contribution in [2.75, 3.05) is 0 Å². The average Bonchev–Trinajstić information content (AvgIpc) is 3.30. The van der Waals surface area contributed by atoms with Gasteiger partial charge in [-0.3, -0.25) is 4.98 Å². The Balaban J connectivity index is 1.59. The molecule has 0 aliphatic heterocycles. The fourth-order valence-electron chi connectivity index (χ4n) is 4.30. The summed E-state index contributed by atoms with van der Waals surface area (Å²) in [6, 6.07) is 11.7. The summed E-state index contributed by atoms with van der Waals surface area (Å²) in [4.78, 5) is 15.6. The molecule has 194 valence electrons. The van der Waals surface area contributed by atoms with Crippen molar-refractivity contribution in [1.82, 2.24) is 20.5 Å². The van der Waals surface area contributed by atoms with E-state index in [9.17, 15) is 23.1 Å². The molecule has 0 saturated carbocycles. The van der Waals surface area contributed by atoms with Gasteiger partial charge in [0, 0.05) is 35.3 Å². The molecule has 2 unspecified atom stereocenters. The second-order valence-electron chi connectivity index (χ2n) is 10.1. The van der Waals surface area contributed by atoms with E-state index in [1.165, 1.54) is 12.1 Å². The third-order valence-corrected chi connectivity index (χ3v) is 6.28. The largest absolute Gasteiger partial charge is 0.465 e. The van der Waals surface area contributed by atoms with Gasteiger partial charge < -0.3 is 14.8 Å². The van der Waals surface area contributed by atoms with Gasteiger partial charge in [-0.15, -0.1) is 10.2 Å². The molecule has 0 saturated heterocycles. The molecular formula is C27H27F3N4O3. The van der Waals surface area contributed by atoms with Crippen LogP contribution in [0.15, 0.2) is 65.3 Å². The van der Waals surface area contributed by atoms with E-state index in [1.807, 2.05) is 45.0 Å². The predicted molar refractivity (Wildman–Crippen MR) is 132 cm³/mol. The number of halogens is 3. The van der Waals surface area contributed by atoms with E-state index in [4.69, 9.17) is 4.42 Å². The van der Waals surface area contributed by atoms with Crippen molar-refractivity contribution in [1.29, 1.82) is 0 Å². The van der Waals surface area contributed by atoms with Gasteiger partial charge in [0.05, 0.1) is 5.56 Å². The number of aromatic nitrogens is 3. The third kappa shape index (κ3) is 6.44. The van der Waals surface area contributed by atoms with Crippen LogP contribution in [0.25, 0.3) is 22.2 Å². The molecule has 37 heavy (non-hydrogen) atoms. The Kier molecular flexibility index (Phi) is 7.20. The van der Waals surface area contributed by atoms with E-state index >= 15 is 0 Å². The van der Waals surface area contributed by atoms with Crippen molar-refractivity contribution in [2.24, 2.45) is 5.41 Å². The summed E-state index contributed by atoms with van der Waals surface area (Å²) in [5.41, 5.74) is 0.193. The molecule has 2 heterocycles. The fraction of sp³-hybridized carbons (Fsp3) is 0.333. The number of carbonyl (C=O) groups is 1. The molecule has 2 N–H and O–H groups in total. The molecule has 2 aromatic carbocycles. The Morgan fingerprint density at radius 2 is 1.76 bits per heavy atom. The highest BCUT2D eigenvalue weighted by atomic mass is 19.4. The quantitative estimate of drug-likeness (QED) is 0.286. The number of hydrogen-bond donors (Lipinski definition) is 2. The van der Waals surface area contributed by atoms with Crippen molar-refractivity contribution in [3.63, 3.8) is 0 Å². The normalized spacial score (nSPS) is 13.9. The molecule has 4 rings (SSSR count). The molecule has 10 heteroatoms. The van der Waals surface area contributed by atoms with Crippen LogP contribution < -0.4 is 5.32 Å². The minimum Gasteiger partial charge on any atom is -0.465 e. The van der Waals surface area contributed by atoms with Gasteiger partial charge in [0.2, 0.25) is 11.8 Å². The number of alkyl halides is 3. The van der Waals surface area contributed by atoms with Gasteiger partial charge in [0.1, 0.15) is 0 Å². The second kappa shape index (κ2) is 10.2. The van der Waals surface area contributed by atoms with Gasteiger partial charge in [-0.05, 0) is 59.5 Å². The maximum Gasteiger partial charge on any atom is 0.416 e. The van der Waals surface area contributed by atoms with E-state index < -0.39 is 23.9 Å². The topological polar surface area (TPSA) is 101 Å². The van der Waals surface area contributed by atoms with Gasteiger partial charge in [0.25, 0.3) is 0 Å². The molecular weight excluding hydrogens is 485 g/mol. The Hall–Kier alpha value is -3.95. The Labute approximate surface area is 211 Å². The van der Waals surface area contributed by atoms with Crippen LogP contribution in [0, 0.1) is 5.41 Å². The number of hydrogen-bond acceptors (Lipinski definition) is 5. The first-order valence-electron chi connectivity index (χ1n) is 11.7. The number of benzene rings is 2. The van der Waals surface area contributed by atoms with Gasteiger partial charge >= 0.3 is 12.3 Å². The first-order valence-corrected chi connectivity index (χ1v) is 11.7. The molecule has 0 bridgehead atoms. The van der Waals surface area contributed by atoms with Crippen LogP contribution in [0.2, 0.25) is 0 Å². The minimum atomic E-state index is -4.44. The van der Waals surface area contributed by atoms with E-state index in [1.54, 1.807) is 12.4 Å². The number of carboxylic acid groups (broad SMARTS) is 1. The zero-order valence-corrected chi connectivity index (χ0v) is 20.6. The second-order valence-corrected chi connectivity index (χ2v) is 10.1. The SMILES string of the molecule is CC(C)(C)C(CC(Cc1ccc(C(F)(F)F)cc1)NC(=O)O)c1nnc(-c2ccc3cnccc3c2)o1. The molecule has 0 spiro atoms. The molecule has 2 atom stereocenters. The number of nitrogens with one attached hydrogen (secondary N) is 1. The molecule has 0 aliphatic rings. The number of amides is 1. The highest BCUT2D eigenvalue weighted by Crippen LogP contribution is 2.39. The average molecular weight is 513 g/mol. The van der Waals surface area contributed by atoms with Gasteiger partial charge in [0.15, 0.2) is 0 Å². The standard InChI is InChI=1S/C27H27F3N4O3/c1-26(2,3)22(14-21(32-25(35)36)12-16-4-8-20(9-5-16)27(28,29)30)24-34-33-23(37-24)18-6-7-19-15-31-11-10-17(19)13-18/h4-11,13,15,21-22,32H,12,14H2,1-3H3,(H,35,36). The van der Waals surface area contributed by atoms with E-state index in [-0.39, 0.29) is 17.8 Å². The van der Waals surface area contributed by atoms with Crippen LogP contribution in [-0.4, -0.2) is 32.4 Å². The Morgan fingerprint density at radius 3 is 2.41 bits per heavy atom. The van der Waals surface area contributed by atoms with Crippen LogP contribution in [0.3, 0.4) is 0 Å². The summed E-state index contributed by atoms with van der Waals surface area (Å²) >= 11 is 0. The summed E-state index contributed by atoms with van der Waals surface area (Å²) in [5, 5.41) is 22.4. The summed E-state index contributed by atoms with van der Waals surface area (Å²) in [6.45, 7) is 5.96. The van der Waals surface area contributed by atoms with Crippen molar-refractivity contribution in [3.8, 4) is 11.5 Å². The summed E-state index contributed by atoms with van der Waals surface area (Å²) in [7, 11) is 0.